The van der Waals surface area contributed by atoms with Gasteiger partial charge in [-0.1, -0.05) is 30.7 Å². The third-order valence-corrected chi connectivity index (χ3v) is 9.97. The molecule has 2 unspecified atom stereocenters. The number of pyridine rings is 1. The molecular formula is C36H38F3N5O4. The number of nitrogens with two attached hydrogens (primary N) is 1. The van der Waals surface area contributed by atoms with E-state index in [1.54, 1.807) is 35.5 Å². The maximum Gasteiger partial charge on any atom is 0.416 e. The number of hydrogen-bond acceptors (Lipinski definition) is 5. The smallest absolute Gasteiger partial charge is 0.368 e. The van der Waals surface area contributed by atoms with Crippen molar-refractivity contribution in [1.29, 1.82) is 0 Å². The average molecular weight is 662 g/mol. The number of amides is 4. The van der Waals surface area contributed by atoms with Crippen molar-refractivity contribution < 1.29 is 32.3 Å². The van der Waals surface area contributed by atoms with E-state index in [0.717, 1.165) is 40.5 Å². The van der Waals surface area contributed by atoms with Crippen LogP contribution in [0, 0.1) is 17.8 Å². The fraction of sp³-hybridized carbons (Fsp3) is 0.417. The number of nitrogens with one attached hydrogen (secondary N) is 1. The Morgan fingerprint density at radius 3 is 2.56 bits per heavy atom. The molecule has 0 spiro atoms. The molecule has 6 rings (SSSR count). The summed E-state index contributed by atoms with van der Waals surface area (Å²) < 4.78 is 39.9. The monoisotopic (exact) mass is 661 g/mol. The average Bonchev–Trinajstić information content (AvgIpc) is 3.67. The number of nitrogens with zero attached hydrogens (tertiary/aromatic N) is 3. The maximum atomic E-state index is 14.1. The molecular weight excluding hydrogens is 623 g/mol. The number of carbonyl (C=O) groups is 4. The number of primary amides is 1. The summed E-state index contributed by atoms with van der Waals surface area (Å²) in [6.07, 6.45) is 4.18. The van der Waals surface area contributed by atoms with Crippen LogP contribution < -0.4 is 11.1 Å². The van der Waals surface area contributed by atoms with Crippen LogP contribution in [0.25, 0.3) is 0 Å². The fourth-order valence-corrected chi connectivity index (χ4v) is 7.71. The zero-order chi connectivity index (χ0) is 34.0. The number of aromatic nitrogens is 1. The van der Waals surface area contributed by atoms with Crippen molar-refractivity contribution in [2.45, 2.75) is 63.7 Å². The van der Waals surface area contributed by atoms with E-state index >= 15 is 0 Å². The SMILES string of the molecule is NC(=O)CN(Cc1cccc(C(F)(F)F)c1)C(=O)CCN1C(=O)c2cc(NC(=O)CC3C[C@@H]4CC[C@@H]3C4)ccc2CC1c1cccnc1. The molecule has 3 aliphatic rings. The van der Waals surface area contributed by atoms with Crippen LogP contribution in [-0.2, 0) is 33.5 Å². The highest BCUT2D eigenvalue weighted by molar-refractivity contribution is 6.00. The Bertz CT molecular complexity index is 1700. The lowest BCUT2D eigenvalue weighted by Crippen LogP contribution is -2.44. The van der Waals surface area contributed by atoms with Gasteiger partial charge in [0.2, 0.25) is 17.7 Å². The van der Waals surface area contributed by atoms with Crippen molar-refractivity contribution in [2.75, 3.05) is 18.4 Å². The number of halogens is 3. The van der Waals surface area contributed by atoms with E-state index in [9.17, 15) is 32.3 Å². The van der Waals surface area contributed by atoms with Crippen LogP contribution in [0.2, 0.25) is 0 Å². The first-order valence-corrected chi connectivity index (χ1v) is 16.3. The minimum absolute atomic E-state index is 0.0324. The number of fused-ring (bicyclic) bond motifs is 3. The van der Waals surface area contributed by atoms with Crippen molar-refractivity contribution in [3.63, 3.8) is 0 Å². The van der Waals surface area contributed by atoms with E-state index in [1.807, 2.05) is 12.1 Å². The molecule has 252 valence electrons. The molecule has 1 aliphatic heterocycles. The van der Waals surface area contributed by atoms with Crippen molar-refractivity contribution in [3.05, 3.63) is 94.8 Å². The van der Waals surface area contributed by atoms with Gasteiger partial charge in [0.15, 0.2) is 0 Å². The van der Waals surface area contributed by atoms with Gasteiger partial charge < -0.3 is 20.9 Å². The van der Waals surface area contributed by atoms with Crippen LogP contribution in [0.5, 0.6) is 0 Å². The number of rotatable bonds is 11. The zero-order valence-electron chi connectivity index (χ0n) is 26.4. The van der Waals surface area contributed by atoms with Crippen molar-refractivity contribution >= 4 is 29.3 Å². The fourth-order valence-electron chi connectivity index (χ4n) is 7.71. The lowest BCUT2D eigenvalue weighted by molar-refractivity contribution is -0.137. The molecule has 1 aromatic heterocycles. The molecule has 9 nitrogen and oxygen atoms in total. The minimum atomic E-state index is -4.57. The van der Waals surface area contributed by atoms with E-state index in [1.165, 1.54) is 31.4 Å². The molecule has 3 N–H and O–H groups in total. The number of anilines is 1. The highest BCUT2D eigenvalue weighted by Gasteiger charge is 2.40. The van der Waals surface area contributed by atoms with Crippen LogP contribution in [0.4, 0.5) is 18.9 Å². The Balaban J connectivity index is 1.18. The Morgan fingerprint density at radius 1 is 1.04 bits per heavy atom. The molecule has 2 bridgehead atoms. The Kier molecular flexibility index (Phi) is 9.52. The van der Waals surface area contributed by atoms with Crippen molar-refractivity contribution in [3.8, 4) is 0 Å². The van der Waals surface area contributed by atoms with E-state index < -0.39 is 36.1 Å². The van der Waals surface area contributed by atoms with Gasteiger partial charge in [-0.05, 0) is 90.5 Å². The molecule has 12 heteroatoms. The van der Waals surface area contributed by atoms with Crippen LogP contribution in [0.1, 0.15) is 77.2 Å². The minimum Gasteiger partial charge on any atom is -0.368 e. The molecule has 2 aliphatic carbocycles. The van der Waals surface area contributed by atoms with Gasteiger partial charge >= 0.3 is 6.18 Å². The molecule has 2 heterocycles. The van der Waals surface area contributed by atoms with E-state index in [-0.39, 0.29) is 36.9 Å². The van der Waals surface area contributed by atoms with Gasteiger partial charge in [0.05, 0.1) is 18.2 Å². The zero-order valence-corrected chi connectivity index (χ0v) is 26.4. The second-order valence-corrected chi connectivity index (χ2v) is 13.2. The van der Waals surface area contributed by atoms with Crippen LogP contribution in [0.15, 0.2) is 67.0 Å². The summed E-state index contributed by atoms with van der Waals surface area (Å²) in [5.74, 6) is -0.00107. The second kappa shape index (κ2) is 13.8. The molecule has 3 aromatic rings. The third kappa shape index (κ3) is 7.53. The summed E-state index contributed by atoms with van der Waals surface area (Å²) in [4.78, 5) is 59.2. The summed E-state index contributed by atoms with van der Waals surface area (Å²) in [5.41, 5.74) is 7.21. The second-order valence-electron chi connectivity index (χ2n) is 13.2. The van der Waals surface area contributed by atoms with Crippen LogP contribution in [0.3, 0.4) is 0 Å². The lowest BCUT2D eigenvalue weighted by Gasteiger charge is -2.37. The third-order valence-electron chi connectivity index (χ3n) is 9.97. The highest BCUT2D eigenvalue weighted by Crippen LogP contribution is 2.49. The first kappa shape index (κ1) is 33.2. The van der Waals surface area contributed by atoms with Gasteiger partial charge in [-0.3, -0.25) is 24.2 Å². The predicted molar refractivity (Wildman–Crippen MR) is 171 cm³/mol. The number of carbonyl (C=O) groups excluding carboxylic acids is 4. The predicted octanol–water partition coefficient (Wildman–Crippen LogP) is 5.51. The summed E-state index contributed by atoms with van der Waals surface area (Å²) in [6.45, 7) is -0.793. The molecule has 4 atom stereocenters. The summed E-state index contributed by atoms with van der Waals surface area (Å²) >= 11 is 0. The first-order chi connectivity index (χ1) is 22.9. The maximum absolute atomic E-state index is 14.1. The van der Waals surface area contributed by atoms with Gasteiger partial charge in [-0.15, -0.1) is 0 Å². The molecule has 2 fully saturated rings. The van der Waals surface area contributed by atoms with Crippen molar-refractivity contribution in [1.82, 2.24) is 14.8 Å². The molecule has 2 saturated carbocycles. The number of hydrogen-bond donors (Lipinski definition) is 2. The lowest BCUT2D eigenvalue weighted by atomic mass is 9.86. The summed E-state index contributed by atoms with van der Waals surface area (Å²) in [7, 11) is 0. The van der Waals surface area contributed by atoms with E-state index in [2.05, 4.69) is 10.3 Å². The number of alkyl halides is 3. The molecule has 0 radical (unpaired) electrons. The first-order valence-electron chi connectivity index (χ1n) is 16.3. The van der Waals surface area contributed by atoms with Crippen molar-refractivity contribution in [2.24, 2.45) is 23.5 Å². The summed E-state index contributed by atoms with van der Waals surface area (Å²) in [5, 5.41) is 2.98. The van der Waals surface area contributed by atoms with Gasteiger partial charge in [-0.2, -0.15) is 13.2 Å². The number of benzene rings is 2. The quantitative estimate of drug-likeness (QED) is 0.281. The van der Waals surface area contributed by atoms with Gasteiger partial charge in [0.25, 0.3) is 5.91 Å². The van der Waals surface area contributed by atoms with E-state index in [4.69, 9.17) is 5.73 Å². The topological polar surface area (TPSA) is 126 Å². The Morgan fingerprint density at radius 2 is 1.88 bits per heavy atom. The highest BCUT2D eigenvalue weighted by atomic mass is 19.4. The standard InChI is InChI=1S/C36H38F3N5O4/c37-36(38,39)28-5-1-3-23(15-28)20-43(21-32(40)45)34(47)10-12-44-31(26-4-2-11-41-19-26)16-25-8-9-29(18-30(25)35(44)48)42-33(46)17-27-14-22-6-7-24(27)13-22/h1-5,8-9,11,15,18-19,22,24,27,31H,6-7,10,12-14,16-17,20-21H2,(H2,40,45)(H,42,46)/t22-,24-,27?,31?/m1/s1. The largest absolute Gasteiger partial charge is 0.416 e. The molecule has 0 saturated heterocycles. The summed E-state index contributed by atoms with van der Waals surface area (Å²) in [6, 6.07) is 13.0. The molecule has 2 aromatic carbocycles. The molecule has 48 heavy (non-hydrogen) atoms. The Hall–Kier alpha value is -4.74. The van der Waals surface area contributed by atoms with Gasteiger partial charge in [0, 0.05) is 49.6 Å². The van der Waals surface area contributed by atoms with E-state index in [0.29, 0.717) is 35.9 Å². The van der Waals surface area contributed by atoms with Gasteiger partial charge in [-0.25, -0.2) is 0 Å². The molecule has 4 amide bonds. The van der Waals surface area contributed by atoms with Gasteiger partial charge in [0.1, 0.15) is 0 Å². The Labute approximate surface area is 276 Å². The van der Waals surface area contributed by atoms with Crippen LogP contribution >= 0.6 is 0 Å². The van der Waals surface area contributed by atoms with Crippen LogP contribution in [-0.4, -0.2) is 51.5 Å². The normalized spacial score (nSPS) is 21.6.